The maximum absolute atomic E-state index is 12.8. The highest BCUT2D eigenvalue weighted by molar-refractivity contribution is 8.00. The van der Waals surface area contributed by atoms with E-state index < -0.39 is 5.51 Å². The molecule has 0 spiro atoms. The number of hydrogen-bond donors (Lipinski definition) is 1. The Morgan fingerprint density at radius 3 is 2.52 bits per heavy atom. The van der Waals surface area contributed by atoms with Crippen LogP contribution in [0.2, 0.25) is 0 Å². The number of nitrogens with zero attached hydrogens (tertiary/aromatic N) is 1. The van der Waals surface area contributed by atoms with Crippen LogP contribution in [0.4, 0.5) is 23.7 Å². The van der Waals surface area contributed by atoms with Gasteiger partial charge in [-0.15, -0.1) is 11.8 Å². The molecule has 29 heavy (non-hydrogen) atoms. The zero-order chi connectivity index (χ0) is 21.0. The lowest BCUT2D eigenvalue weighted by atomic mass is 10.1. The number of rotatable bonds is 5. The number of hydrogen-bond acceptors (Lipinski definition) is 5. The van der Waals surface area contributed by atoms with Crippen molar-refractivity contribution in [1.82, 2.24) is 4.90 Å². The van der Waals surface area contributed by atoms with Gasteiger partial charge in [-0.2, -0.15) is 13.2 Å². The number of anilines is 1. The van der Waals surface area contributed by atoms with E-state index in [0.29, 0.717) is 23.7 Å². The molecule has 1 atom stereocenters. The molecule has 0 aromatic heterocycles. The maximum Gasteiger partial charge on any atom is 0.446 e. The molecule has 5 nitrogen and oxygen atoms in total. The predicted octanol–water partition coefficient (Wildman–Crippen LogP) is 5.60. The molecule has 10 heteroatoms. The molecule has 0 radical (unpaired) electrons. The van der Waals surface area contributed by atoms with Crippen LogP contribution >= 0.6 is 23.5 Å². The predicted molar refractivity (Wildman–Crippen MR) is 109 cm³/mol. The van der Waals surface area contributed by atoms with E-state index in [-0.39, 0.29) is 28.1 Å². The van der Waals surface area contributed by atoms with Gasteiger partial charge in [0.25, 0.3) is 0 Å². The van der Waals surface area contributed by atoms with Crippen molar-refractivity contribution >= 4 is 35.2 Å². The van der Waals surface area contributed by atoms with Gasteiger partial charge in [0.1, 0.15) is 16.9 Å². The minimum absolute atomic E-state index is 0.0613. The quantitative estimate of drug-likeness (QED) is 0.609. The standard InChI is InChI=1S/C19H19F3N2O3S2/c1-26-13-5-8-16(27-2)15(11-13)17-24(9-10-28-17)18(25)23-12-3-6-14(7-4-12)29-19(20,21)22/h3-8,11,17H,9-10H2,1-2H3,(H,23,25). The molecule has 1 aliphatic rings. The molecule has 1 saturated heterocycles. The molecule has 0 saturated carbocycles. The SMILES string of the molecule is COc1ccc(OC)c(C2SCCN2C(=O)Nc2ccc(SC(F)(F)F)cc2)c1. The molecule has 3 rings (SSSR count). The third kappa shape index (κ3) is 5.45. The van der Waals surface area contributed by atoms with Gasteiger partial charge in [0.2, 0.25) is 0 Å². The van der Waals surface area contributed by atoms with E-state index in [0.717, 1.165) is 11.3 Å². The molecular weight excluding hydrogens is 425 g/mol. The summed E-state index contributed by atoms with van der Waals surface area (Å²) in [5.74, 6) is 2.06. The van der Waals surface area contributed by atoms with Crippen LogP contribution in [0.5, 0.6) is 11.5 Å². The summed E-state index contributed by atoms with van der Waals surface area (Å²) >= 11 is 1.41. The van der Waals surface area contributed by atoms with Gasteiger partial charge < -0.3 is 19.7 Å². The van der Waals surface area contributed by atoms with E-state index >= 15 is 0 Å². The lowest BCUT2D eigenvalue weighted by Gasteiger charge is -2.26. The number of halogens is 3. The number of urea groups is 1. The van der Waals surface area contributed by atoms with E-state index in [1.165, 1.54) is 24.3 Å². The van der Waals surface area contributed by atoms with Crippen molar-refractivity contribution in [2.45, 2.75) is 15.8 Å². The topological polar surface area (TPSA) is 50.8 Å². The summed E-state index contributed by atoms with van der Waals surface area (Å²) in [6.45, 7) is 0.531. The van der Waals surface area contributed by atoms with Crippen LogP contribution in [0.25, 0.3) is 0 Å². The minimum Gasteiger partial charge on any atom is -0.497 e. The first-order valence-electron chi connectivity index (χ1n) is 8.57. The molecule has 1 aliphatic heterocycles. The number of carbonyl (C=O) groups is 1. The highest BCUT2D eigenvalue weighted by atomic mass is 32.2. The summed E-state index contributed by atoms with van der Waals surface area (Å²) < 4.78 is 48.0. The number of amides is 2. The van der Waals surface area contributed by atoms with Crippen molar-refractivity contribution in [2.24, 2.45) is 0 Å². The van der Waals surface area contributed by atoms with Crippen molar-refractivity contribution in [3.8, 4) is 11.5 Å². The zero-order valence-corrected chi connectivity index (χ0v) is 17.3. The summed E-state index contributed by atoms with van der Waals surface area (Å²) in [5, 5.41) is 2.49. The first kappa shape index (κ1) is 21.5. The van der Waals surface area contributed by atoms with Gasteiger partial charge in [-0.25, -0.2) is 4.79 Å². The van der Waals surface area contributed by atoms with Gasteiger partial charge in [-0.1, -0.05) is 0 Å². The van der Waals surface area contributed by atoms with Crippen molar-refractivity contribution < 1.29 is 27.4 Å². The summed E-state index contributed by atoms with van der Waals surface area (Å²) in [6, 6.07) is 10.6. The molecule has 2 aromatic carbocycles. The molecular formula is C19H19F3N2O3S2. The number of nitrogens with one attached hydrogen (secondary N) is 1. The van der Waals surface area contributed by atoms with Crippen LogP contribution in [0.15, 0.2) is 47.4 Å². The molecule has 1 heterocycles. The third-order valence-corrected chi connectivity index (χ3v) is 6.18. The van der Waals surface area contributed by atoms with Gasteiger partial charge in [0, 0.05) is 28.4 Å². The van der Waals surface area contributed by atoms with Crippen LogP contribution in [0.1, 0.15) is 10.9 Å². The zero-order valence-electron chi connectivity index (χ0n) is 15.7. The first-order valence-corrected chi connectivity index (χ1v) is 10.4. The fourth-order valence-electron chi connectivity index (χ4n) is 2.90. The normalized spacial score (nSPS) is 16.6. The second-order valence-corrected chi connectivity index (χ2v) is 8.35. The summed E-state index contributed by atoms with van der Waals surface area (Å²) in [5.41, 5.74) is -3.10. The lowest BCUT2D eigenvalue weighted by molar-refractivity contribution is -0.0328. The third-order valence-electron chi connectivity index (χ3n) is 4.19. The van der Waals surface area contributed by atoms with E-state index in [4.69, 9.17) is 9.47 Å². The Bertz CT molecular complexity index is 863. The van der Waals surface area contributed by atoms with Gasteiger partial charge in [-0.3, -0.25) is 0 Å². The Hall–Kier alpha value is -2.20. The number of ether oxygens (including phenoxy) is 2. The minimum atomic E-state index is -4.35. The van der Waals surface area contributed by atoms with Gasteiger partial charge in [-0.05, 0) is 54.2 Å². The monoisotopic (exact) mass is 444 g/mol. The number of methoxy groups -OCH3 is 2. The highest BCUT2D eigenvalue weighted by Gasteiger charge is 2.33. The van der Waals surface area contributed by atoms with Gasteiger partial charge in [0.05, 0.1) is 14.2 Å². The molecule has 1 N–H and O–H groups in total. The number of alkyl halides is 3. The molecule has 2 amide bonds. The van der Waals surface area contributed by atoms with Crippen LogP contribution in [-0.4, -0.2) is 43.0 Å². The Morgan fingerprint density at radius 2 is 1.90 bits per heavy atom. The molecule has 1 fully saturated rings. The molecule has 156 valence electrons. The Balaban J connectivity index is 1.74. The Labute approximate surface area is 174 Å². The van der Waals surface area contributed by atoms with E-state index in [9.17, 15) is 18.0 Å². The van der Waals surface area contributed by atoms with E-state index in [1.54, 1.807) is 43.0 Å². The summed E-state index contributed by atoms with van der Waals surface area (Å²) in [6.07, 6.45) is 0. The first-order chi connectivity index (χ1) is 13.8. The molecule has 2 aromatic rings. The largest absolute Gasteiger partial charge is 0.497 e. The second kappa shape index (κ2) is 9.08. The smallest absolute Gasteiger partial charge is 0.446 e. The van der Waals surface area contributed by atoms with Crippen LogP contribution in [0, 0.1) is 0 Å². The second-order valence-electron chi connectivity index (χ2n) is 6.03. The fourth-order valence-corrected chi connectivity index (χ4v) is 4.71. The molecule has 1 unspecified atom stereocenters. The highest BCUT2D eigenvalue weighted by Crippen LogP contribution is 2.43. The van der Waals surface area contributed by atoms with Crippen LogP contribution < -0.4 is 14.8 Å². The van der Waals surface area contributed by atoms with E-state index in [1.807, 2.05) is 6.07 Å². The van der Waals surface area contributed by atoms with Gasteiger partial charge >= 0.3 is 11.5 Å². The number of benzene rings is 2. The Morgan fingerprint density at radius 1 is 1.17 bits per heavy atom. The van der Waals surface area contributed by atoms with Crippen molar-refractivity contribution in [3.63, 3.8) is 0 Å². The molecule has 0 bridgehead atoms. The summed E-state index contributed by atoms with van der Waals surface area (Å²) in [7, 11) is 3.13. The van der Waals surface area contributed by atoms with Crippen molar-refractivity contribution in [3.05, 3.63) is 48.0 Å². The number of carbonyl (C=O) groups excluding carboxylic acids is 1. The average molecular weight is 445 g/mol. The van der Waals surface area contributed by atoms with Crippen LogP contribution in [-0.2, 0) is 0 Å². The maximum atomic E-state index is 12.8. The van der Waals surface area contributed by atoms with Crippen LogP contribution in [0.3, 0.4) is 0 Å². The average Bonchev–Trinajstić information content (AvgIpc) is 3.17. The fraction of sp³-hybridized carbons (Fsp3) is 0.316. The van der Waals surface area contributed by atoms with Crippen molar-refractivity contribution in [1.29, 1.82) is 0 Å². The van der Waals surface area contributed by atoms with Gasteiger partial charge in [0.15, 0.2) is 0 Å². The Kier molecular flexibility index (Phi) is 6.74. The van der Waals surface area contributed by atoms with E-state index in [2.05, 4.69) is 5.32 Å². The summed E-state index contributed by atoms with van der Waals surface area (Å²) in [4.78, 5) is 14.5. The van der Waals surface area contributed by atoms with Crippen molar-refractivity contribution in [2.75, 3.05) is 31.8 Å². The lowest BCUT2D eigenvalue weighted by Crippen LogP contribution is -2.34. The molecule has 0 aliphatic carbocycles. The number of thioether (sulfide) groups is 2.